The van der Waals surface area contributed by atoms with E-state index in [0.29, 0.717) is 18.4 Å². The minimum atomic E-state index is -0.382. The number of rotatable bonds is 6. The van der Waals surface area contributed by atoms with Crippen molar-refractivity contribution in [2.24, 2.45) is 10.8 Å². The SMILES string of the molecule is CCCOc1cc(NC2C(C)(C)C2(C)C)cc([N+](=O)[O-])c1. The van der Waals surface area contributed by atoms with Gasteiger partial charge in [-0.1, -0.05) is 34.6 Å². The van der Waals surface area contributed by atoms with Crippen molar-refractivity contribution in [3.05, 3.63) is 28.3 Å². The molecule has 1 saturated carbocycles. The first-order valence-corrected chi connectivity index (χ1v) is 7.39. The molecule has 1 aromatic carbocycles. The fourth-order valence-electron chi connectivity index (χ4n) is 2.80. The van der Waals surface area contributed by atoms with Gasteiger partial charge in [-0.25, -0.2) is 0 Å². The Hall–Kier alpha value is -1.78. The van der Waals surface area contributed by atoms with Crippen molar-refractivity contribution in [1.29, 1.82) is 0 Å². The van der Waals surface area contributed by atoms with Gasteiger partial charge < -0.3 is 10.1 Å². The van der Waals surface area contributed by atoms with Crippen molar-refractivity contribution < 1.29 is 9.66 Å². The summed E-state index contributed by atoms with van der Waals surface area (Å²) in [4.78, 5) is 10.7. The van der Waals surface area contributed by atoms with Gasteiger partial charge in [0, 0.05) is 23.9 Å². The summed E-state index contributed by atoms with van der Waals surface area (Å²) in [5, 5.41) is 14.5. The molecule has 0 aliphatic heterocycles. The van der Waals surface area contributed by atoms with Crippen LogP contribution in [0, 0.1) is 20.9 Å². The van der Waals surface area contributed by atoms with E-state index in [1.807, 2.05) is 13.0 Å². The molecule has 21 heavy (non-hydrogen) atoms. The molecule has 0 atom stereocenters. The van der Waals surface area contributed by atoms with Gasteiger partial charge in [0.2, 0.25) is 0 Å². The Balaban J connectivity index is 2.23. The average molecular weight is 292 g/mol. The molecule has 0 aromatic heterocycles. The molecule has 116 valence electrons. The molecule has 2 rings (SSSR count). The normalized spacial score (nSPS) is 19.1. The molecular formula is C16H24N2O3. The van der Waals surface area contributed by atoms with Crippen LogP contribution in [0.25, 0.3) is 0 Å². The Morgan fingerprint density at radius 1 is 1.24 bits per heavy atom. The van der Waals surface area contributed by atoms with Crippen molar-refractivity contribution >= 4 is 11.4 Å². The van der Waals surface area contributed by atoms with E-state index >= 15 is 0 Å². The van der Waals surface area contributed by atoms with Crippen LogP contribution < -0.4 is 10.1 Å². The first-order chi connectivity index (χ1) is 9.70. The van der Waals surface area contributed by atoms with Crippen LogP contribution >= 0.6 is 0 Å². The van der Waals surface area contributed by atoms with E-state index in [4.69, 9.17) is 4.74 Å². The fraction of sp³-hybridized carbons (Fsp3) is 0.625. The van der Waals surface area contributed by atoms with Crippen molar-refractivity contribution in [2.75, 3.05) is 11.9 Å². The van der Waals surface area contributed by atoms with Crippen molar-refractivity contribution in [2.45, 2.75) is 47.1 Å². The largest absolute Gasteiger partial charge is 0.493 e. The maximum atomic E-state index is 11.1. The lowest BCUT2D eigenvalue weighted by molar-refractivity contribution is -0.384. The third kappa shape index (κ3) is 2.82. The molecule has 0 amide bonds. The third-order valence-electron chi connectivity index (χ3n) is 4.91. The van der Waals surface area contributed by atoms with Gasteiger partial charge in [0.1, 0.15) is 5.75 Å². The molecule has 0 heterocycles. The van der Waals surface area contributed by atoms with Gasteiger partial charge in [-0.2, -0.15) is 0 Å². The summed E-state index contributed by atoms with van der Waals surface area (Å²) in [6, 6.07) is 5.19. The summed E-state index contributed by atoms with van der Waals surface area (Å²) in [5.41, 5.74) is 1.14. The lowest BCUT2D eigenvalue weighted by Crippen LogP contribution is -2.10. The standard InChI is InChI=1S/C16H24N2O3/c1-6-7-21-13-9-11(8-12(10-13)18(19)20)17-14-15(2,3)16(14,4)5/h8-10,14,17H,6-7H2,1-5H3. The van der Waals surface area contributed by atoms with Gasteiger partial charge in [-0.05, 0) is 17.3 Å². The number of benzene rings is 1. The zero-order chi connectivity index (χ0) is 15.8. The summed E-state index contributed by atoms with van der Waals surface area (Å²) in [6.45, 7) is 11.4. The number of nitrogens with one attached hydrogen (secondary N) is 1. The number of nitro groups is 1. The molecule has 0 unspecified atom stereocenters. The summed E-state index contributed by atoms with van der Waals surface area (Å²) in [6.07, 6.45) is 0.869. The highest BCUT2D eigenvalue weighted by Crippen LogP contribution is 2.63. The predicted octanol–water partition coefficient (Wildman–Crippen LogP) is 4.23. The number of nitrogens with zero attached hydrogens (tertiary/aromatic N) is 1. The number of hydrogen-bond donors (Lipinski definition) is 1. The monoisotopic (exact) mass is 292 g/mol. The Morgan fingerprint density at radius 3 is 2.33 bits per heavy atom. The fourth-order valence-corrected chi connectivity index (χ4v) is 2.80. The van der Waals surface area contributed by atoms with E-state index in [1.54, 1.807) is 6.07 Å². The molecule has 0 saturated heterocycles. The van der Waals surface area contributed by atoms with Crippen LogP contribution in [-0.2, 0) is 0 Å². The van der Waals surface area contributed by atoms with Crippen molar-refractivity contribution in [3.63, 3.8) is 0 Å². The summed E-state index contributed by atoms with van der Waals surface area (Å²) < 4.78 is 5.55. The highest BCUT2D eigenvalue weighted by molar-refractivity contribution is 5.58. The summed E-state index contributed by atoms with van der Waals surface area (Å²) in [5.74, 6) is 0.546. The van der Waals surface area contributed by atoms with Crippen LogP contribution in [0.2, 0.25) is 0 Å². The van der Waals surface area contributed by atoms with Gasteiger partial charge in [0.15, 0.2) is 0 Å². The molecule has 1 N–H and O–H groups in total. The zero-order valence-corrected chi connectivity index (χ0v) is 13.4. The second-order valence-electron chi connectivity index (χ2n) is 6.84. The minimum Gasteiger partial charge on any atom is -0.493 e. The van der Waals surface area contributed by atoms with Crippen molar-refractivity contribution in [3.8, 4) is 5.75 Å². The highest BCUT2D eigenvalue weighted by atomic mass is 16.6. The van der Waals surface area contributed by atoms with Crippen LogP contribution in [0.3, 0.4) is 0 Å². The van der Waals surface area contributed by atoms with Crippen LogP contribution in [0.4, 0.5) is 11.4 Å². The van der Waals surface area contributed by atoms with Gasteiger partial charge in [0.05, 0.1) is 17.6 Å². The van der Waals surface area contributed by atoms with Crippen LogP contribution in [0.5, 0.6) is 5.75 Å². The van der Waals surface area contributed by atoms with Crippen molar-refractivity contribution in [1.82, 2.24) is 0 Å². The molecule has 1 aromatic rings. The third-order valence-corrected chi connectivity index (χ3v) is 4.91. The van der Waals surface area contributed by atoms with E-state index < -0.39 is 0 Å². The molecule has 5 heteroatoms. The zero-order valence-electron chi connectivity index (χ0n) is 13.4. The lowest BCUT2D eigenvalue weighted by atomic mass is 10.0. The van der Waals surface area contributed by atoms with E-state index in [0.717, 1.165) is 12.1 Å². The van der Waals surface area contributed by atoms with Crippen LogP contribution in [-0.4, -0.2) is 17.6 Å². The molecule has 1 fully saturated rings. The number of anilines is 1. The minimum absolute atomic E-state index is 0.0577. The first kappa shape index (κ1) is 15.6. The Bertz CT molecular complexity index is 538. The van der Waals surface area contributed by atoms with Crippen LogP contribution in [0.15, 0.2) is 18.2 Å². The molecule has 5 nitrogen and oxygen atoms in total. The van der Waals surface area contributed by atoms with Gasteiger partial charge in [-0.3, -0.25) is 10.1 Å². The first-order valence-electron chi connectivity index (χ1n) is 7.39. The maximum Gasteiger partial charge on any atom is 0.275 e. The summed E-state index contributed by atoms with van der Waals surface area (Å²) >= 11 is 0. The van der Waals surface area contributed by atoms with E-state index in [9.17, 15) is 10.1 Å². The number of nitro benzene ring substituents is 1. The quantitative estimate of drug-likeness (QED) is 0.629. The van der Waals surface area contributed by atoms with Gasteiger partial charge in [0.25, 0.3) is 5.69 Å². The molecule has 0 bridgehead atoms. The number of hydrogen-bond acceptors (Lipinski definition) is 4. The second-order valence-corrected chi connectivity index (χ2v) is 6.84. The van der Waals surface area contributed by atoms with E-state index in [1.165, 1.54) is 6.07 Å². The molecular weight excluding hydrogens is 268 g/mol. The molecule has 0 spiro atoms. The Morgan fingerprint density at radius 2 is 1.86 bits per heavy atom. The second kappa shape index (κ2) is 5.20. The van der Waals surface area contributed by atoms with Crippen LogP contribution in [0.1, 0.15) is 41.0 Å². The Kier molecular flexibility index (Phi) is 3.87. The highest BCUT2D eigenvalue weighted by Gasteiger charge is 2.64. The Labute approximate surface area is 125 Å². The maximum absolute atomic E-state index is 11.1. The predicted molar refractivity (Wildman–Crippen MR) is 83.9 cm³/mol. The topological polar surface area (TPSA) is 64.4 Å². The number of non-ortho nitro benzene ring substituents is 1. The van der Waals surface area contributed by atoms with Gasteiger partial charge in [-0.15, -0.1) is 0 Å². The van der Waals surface area contributed by atoms with Gasteiger partial charge >= 0.3 is 0 Å². The number of ether oxygens (including phenoxy) is 1. The average Bonchev–Trinajstić information content (AvgIpc) is 2.78. The van der Waals surface area contributed by atoms with E-state index in [-0.39, 0.29) is 21.4 Å². The smallest absolute Gasteiger partial charge is 0.275 e. The molecule has 0 radical (unpaired) electrons. The molecule has 1 aliphatic rings. The lowest BCUT2D eigenvalue weighted by Gasteiger charge is -2.11. The summed E-state index contributed by atoms with van der Waals surface area (Å²) in [7, 11) is 0. The van der Waals surface area contributed by atoms with E-state index in [2.05, 4.69) is 33.0 Å². The molecule has 1 aliphatic carbocycles.